The number of carbonyl (C=O) groups is 2. The minimum absolute atomic E-state index is 0.00938. The maximum absolute atomic E-state index is 12.9. The van der Waals surface area contributed by atoms with E-state index in [1.165, 1.54) is 13.2 Å². The van der Waals surface area contributed by atoms with Gasteiger partial charge in [0.2, 0.25) is 0 Å². The van der Waals surface area contributed by atoms with E-state index in [1.807, 2.05) is 0 Å². The molecule has 0 saturated heterocycles. The normalized spacial score (nSPS) is 12.1. The molecular weight excluding hydrogens is 273 g/mol. The first kappa shape index (κ1) is 15.4. The topological polar surface area (TPSA) is 55.4 Å². The van der Waals surface area contributed by atoms with E-state index in [0.29, 0.717) is 0 Å². The Morgan fingerprint density at radius 2 is 2.00 bits per heavy atom. The predicted molar refractivity (Wildman–Crippen MR) is 69.5 cm³/mol. The molecule has 1 aromatic carbocycles. The van der Waals surface area contributed by atoms with Crippen LogP contribution >= 0.6 is 11.6 Å². The lowest BCUT2D eigenvalue weighted by atomic mass is 10.0. The highest BCUT2D eigenvalue weighted by Gasteiger charge is 2.26. The van der Waals surface area contributed by atoms with Crippen LogP contribution in [0.15, 0.2) is 18.2 Å². The Labute approximate surface area is 115 Å². The van der Waals surface area contributed by atoms with E-state index in [9.17, 15) is 14.0 Å². The fourth-order valence-electron chi connectivity index (χ4n) is 1.52. The van der Waals surface area contributed by atoms with E-state index in [2.05, 4.69) is 10.1 Å². The van der Waals surface area contributed by atoms with Gasteiger partial charge in [-0.2, -0.15) is 0 Å². The Bertz CT molecular complexity index is 491. The molecule has 0 fully saturated rings. The molecule has 19 heavy (non-hydrogen) atoms. The van der Waals surface area contributed by atoms with Gasteiger partial charge < -0.3 is 10.1 Å². The van der Waals surface area contributed by atoms with Crippen LogP contribution in [0.1, 0.15) is 24.2 Å². The van der Waals surface area contributed by atoms with Gasteiger partial charge in [-0.25, -0.2) is 9.18 Å². The van der Waals surface area contributed by atoms with Crippen molar-refractivity contribution in [3.8, 4) is 0 Å². The first-order valence-electron chi connectivity index (χ1n) is 5.70. The first-order valence-corrected chi connectivity index (χ1v) is 6.08. The van der Waals surface area contributed by atoms with Gasteiger partial charge in [0.05, 0.1) is 17.7 Å². The van der Waals surface area contributed by atoms with Gasteiger partial charge in [-0.05, 0) is 24.1 Å². The standard InChI is InChI=1S/C13H15ClFNO3/c1-7(2)11(13(18)19-3)16-12(17)9-5-4-8(15)6-10(9)14/h4-7,11H,1-3H3,(H,16,17)/t11-/m1/s1. The van der Waals surface area contributed by atoms with Gasteiger partial charge in [0.15, 0.2) is 0 Å². The second-order valence-electron chi connectivity index (χ2n) is 4.34. The summed E-state index contributed by atoms with van der Waals surface area (Å²) >= 11 is 5.78. The molecule has 0 radical (unpaired) electrons. The summed E-state index contributed by atoms with van der Waals surface area (Å²) in [6.07, 6.45) is 0. The maximum Gasteiger partial charge on any atom is 0.328 e. The van der Waals surface area contributed by atoms with Crippen LogP contribution in [0.4, 0.5) is 4.39 Å². The Balaban J connectivity index is 2.91. The number of esters is 1. The molecule has 4 nitrogen and oxygen atoms in total. The molecular formula is C13H15ClFNO3. The largest absolute Gasteiger partial charge is 0.467 e. The smallest absolute Gasteiger partial charge is 0.328 e. The number of hydrogen-bond acceptors (Lipinski definition) is 3. The van der Waals surface area contributed by atoms with Gasteiger partial charge in [-0.3, -0.25) is 4.79 Å². The highest BCUT2D eigenvalue weighted by molar-refractivity contribution is 6.33. The molecule has 0 unspecified atom stereocenters. The summed E-state index contributed by atoms with van der Waals surface area (Å²) in [4.78, 5) is 23.5. The third-order valence-corrected chi connectivity index (χ3v) is 2.90. The predicted octanol–water partition coefficient (Wildman–Crippen LogP) is 2.41. The van der Waals surface area contributed by atoms with Crippen molar-refractivity contribution in [2.24, 2.45) is 5.92 Å². The molecule has 1 rings (SSSR count). The van der Waals surface area contributed by atoms with Crippen LogP contribution in [-0.2, 0) is 9.53 Å². The Hall–Kier alpha value is -1.62. The van der Waals surface area contributed by atoms with Gasteiger partial charge in [0.25, 0.3) is 5.91 Å². The number of hydrogen-bond donors (Lipinski definition) is 1. The van der Waals surface area contributed by atoms with Crippen molar-refractivity contribution in [1.82, 2.24) is 5.32 Å². The van der Waals surface area contributed by atoms with Crippen molar-refractivity contribution >= 4 is 23.5 Å². The number of ether oxygens (including phenoxy) is 1. The van der Waals surface area contributed by atoms with Crippen LogP contribution < -0.4 is 5.32 Å². The Morgan fingerprint density at radius 3 is 2.47 bits per heavy atom. The fourth-order valence-corrected chi connectivity index (χ4v) is 1.77. The van der Waals surface area contributed by atoms with Gasteiger partial charge in [0, 0.05) is 0 Å². The number of carbonyl (C=O) groups excluding carboxylic acids is 2. The summed E-state index contributed by atoms with van der Waals surface area (Å²) in [6.45, 7) is 3.54. The number of benzene rings is 1. The molecule has 0 aliphatic carbocycles. The van der Waals surface area contributed by atoms with Gasteiger partial charge in [-0.1, -0.05) is 25.4 Å². The summed E-state index contributed by atoms with van der Waals surface area (Å²) in [6, 6.07) is 2.66. The van der Waals surface area contributed by atoms with Crippen LogP contribution in [0.5, 0.6) is 0 Å². The van der Waals surface area contributed by atoms with Crippen molar-refractivity contribution in [2.75, 3.05) is 7.11 Å². The van der Waals surface area contributed by atoms with E-state index in [-0.39, 0.29) is 16.5 Å². The monoisotopic (exact) mass is 287 g/mol. The minimum Gasteiger partial charge on any atom is -0.467 e. The number of halogens is 2. The van der Waals surface area contributed by atoms with Gasteiger partial charge in [0.1, 0.15) is 11.9 Å². The summed E-state index contributed by atoms with van der Waals surface area (Å²) in [5.41, 5.74) is 0.109. The molecule has 0 aliphatic heterocycles. The zero-order valence-electron chi connectivity index (χ0n) is 10.9. The number of nitrogens with one attached hydrogen (secondary N) is 1. The molecule has 6 heteroatoms. The minimum atomic E-state index is -0.779. The maximum atomic E-state index is 12.9. The van der Waals surface area contributed by atoms with E-state index in [1.54, 1.807) is 13.8 Å². The van der Waals surface area contributed by atoms with Crippen molar-refractivity contribution < 1.29 is 18.7 Å². The van der Waals surface area contributed by atoms with Crippen molar-refractivity contribution in [1.29, 1.82) is 0 Å². The Kier molecular flexibility index (Phi) is 5.30. The second-order valence-corrected chi connectivity index (χ2v) is 4.75. The summed E-state index contributed by atoms with van der Waals surface area (Å²) in [5.74, 6) is -1.76. The summed E-state index contributed by atoms with van der Waals surface area (Å²) in [7, 11) is 1.24. The third kappa shape index (κ3) is 3.92. The third-order valence-electron chi connectivity index (χ3n) is 2.58. The molecule has 0 aromatic heterocycles. The number of rotatable bonds is 4. The number of methoxy groups -OCH3 is 1. The molecule has 1 N–H and O–H groups in total. The molecule has 0 heterocycles. The van der Waals surface area contributed by atoms with E-state index >= 15 is 0 Å². The highest BCUT2D eigenvalue weighted by Crippen LogP contribution is 2.17. The van der Waals surface area contributed by atoms with Gasteiger partial charge >= 0.3 is 5.97 Å². The average Bonchev–Trinajstić information content (AvgIpc) is 2.34. The van der Waals surface area contributed by atoms with Crippen molar-refractivity contribution in [3.05, 3.63) is 34.6 Å². The van der Waals surface area contributed by atoms with E-state index in [0.717, 1.165) is 12.1 Å². The van der Waals surface area contributed by atoms with E-state index in [4.69, 9.17) is 11.6 Å². The lowest BCUT2D eigenvalue weighted by Crippen LogP contribution is -2.45. The summed E-state index contributed by atoms with van der Waals surface area (Å²) in [5, 5.41) is 2.51. The molecule has 0 saturated carbocycles. The molecule has 1 aromatic rings. The van der Waals surface area contributed by atoms with E-state index < -0.39 is 23.7 Å². The quantitative estimate of drug-likeness (QED) is 0.865. The lowest BCUT2D eigenvalue weighted by Gasteiger charge is -2.20. The van der Waals surface area contributed by atoms with Crippen LogP contribution in [0, 0.1) is 11.7 Å². The molecule has 1 atom stereocenters. The molecule has 0 aliphatic rings. The Morgan fingerprint density at radius 1 is 1.37 bits per heavy atom. The van der Waals surface area contributed by atoms with Crippen molar-refractivity contribution in [2.45, 2.75) is 19.9 Å². The van der Waals surface area contributed by atoms with Crippen LogP contribution in [-0.4, -0.2) is 25.0 Å². The first-order chi connectivity index (χ1) is 8.86. The fraction of sp³-hybridized carbons (Fsp3) is 0.385. The zero-order chi connectivity index (χ0) is 14.6. The molecule has 0 spiro atoms. The average molecular weight is 288 g/mol. The second kappa shape index (κ2) is 6.52. The van der Waals surface area contributed by atoms with Gasteiger partial charge in [-0.15, -0.1) is 0 Å². The zero-order valence-corrected chi connectivity index (χ0v) is 11.6. The van der Waals surface area contributed by atoms with Crippen LogP contribution in [0.2, 0.25) is 5.02 Å². The molecule has 0 bridgehead atoms. The van der Waals surface area contributed by atoms with Crippen molar-refractivity contribution in [3.63, 3.8) is 0 Å². The SMILES string of the molecule is COC(=O)[C@H](NC(=O)c1ccc(F)cc1Cl)C(C)C. The van der Waals surface area contributed by atoms with Crippen LogP contribution in [0.3, 0.4) is 0 Å². The van der Waals surface area contributed by atoms with Crippen LogP contribution in [0.25, 0.3) is 0 Å². The lowest BCUT2D eigenvalue weighted by molar-refractivity contribution is -0.144. The summed E-state index contributed by atoms with van der Waals surface area (Å²) < 4.78 is 17.5. The number of amides is 1. The highest BCUT2D eigenvalue weighted by atomic mass is 35.5. The molecule has 1 amide bonds. The molecule has 104 valence electrons.